The predicted octanol–water partition coefficient (Wildman–Crippen LogP) is 2.63. The molecule has 90 valence electrons. The van der Waals surface area contributed by atoms with Gasteiger partial charge in [-0.25, -0.2) is 0 Å². The number of pyridine rings is 1. The van der Waals surface area contributed by atoms with E-state index in [1.807, 2.05) is 30.3 Å². The second kappa shape index (κ2) is 4.62. The van der Waals surface area contributed by atoms with Crippen molar-refractivity contribution >= 4 is 16.6 Å². The molecular weight excluding hydrogens is 212 g/mol. The van der Waals surface area contributed by atoms with Gasteiger partial charge >= 0.3 is 0 Å². The van der Waals surface area contributed by atoms with Gasteiger partial charge in [-0.05, 0) is 29.9 Å². The number of aromatic nitrogens is 1. The lowest BCUT2D eigenvalue weighted by molar-refractivity contribution is 0.513. The van der Waals surface area contributed by atoms with Crippen LogP contribution in [0.5, 0.6) is 0 Å². The van der Waals surface area contributed by atoms with Crippen LogP contribution in [-0.2, 0) is 6.54 Å². The van der Waals surface area contributed by atoms with Crippen LogP contribution in [0.1, 0.15) is 20.3 Å². The summed E-state index contributed by atoms with van der Waals surface area (Å²) in [5, 5.41) is 1.65. The molecule has 17 heavy (non-hydrogen) atoms. The maximum Gasteiger partial charge on any atom is 0.259 e. The minimum Gasteiger partial charge on any atom is -0.385 e. The van der Waals surface area contributed by atoms with E-state index in [4.69, 9.17) is 5.73 Å². The summed E-state index contributed by atoms with van der Waals surface area (Å²) in [6.07, 6.45) is 0.961. The van der Waals surface area contributed by atoms with E-state index in [2.05, 4.69) is 13.8 Å². The van der Waals surface area contributed by atoms with Crippen molar-refractivity contribution in [2.24, 2.45) is 5.92 Å². The van der Waals surface area contributed by atoms with Crippen LogP contribution in [-0.4, -0.2) is 4.57 Å². The molecule has 0 aliphatic carbocycles. The maximum absolute atomic E-state index is 12.2. The molecule has 1 aromatic heterocycles. The Morgan fingerprint density at radius 2 is 2.00 bits per heavy atom. The van der Waals surface area contributed by atoms with E-state index >= 15 is 0 Å². The number of hydrogen-bond acceptors (Lipinski definition) is 2. The lowest BCUT2D eigenvalue weighted by atomic mass is 10.1. The Balaban J connectivity index is 2.52. The first-order valence-corrected chi connectivity index (χ1v) is 5.97. The van der Waals surface area contributed by atoms with Gasteiger partial charge in [0.1, 0.15) is 5.82 Å². The standard InChI is InChI=1S/C14H18N2O/c1-10(2)7-8-16-13(15)9-11-5-3-4-6-12(11)14(16)17/h3-6,9-10H,7-8,15H2,1-2H3. The molecule has 1 aromatic carbocycles. The fourth-order valence-corrected chi connectivity index (χ4v) is 1.94. The lowest BCUT2D eigenvalue weighted by Crippen LogP contribution is -2.23. The second-order valence-corrected chi connectivity index (χ2v) is 4.80. The zero-order chi connectivity index (χ0) is 12.4. The molecule has 1 heterocycles. The highest BCUT2D eigenvalue weighted by atomic mass is 16.1. The molecule has 0 amide bonds. The van der Waals surface area contributed by atoms with E-state index in [-0.39, 0.29) is 5.56 Å². The minimum atomic E-state index is 0.0150. The van der Waals surface area contributed by atoms with Crippen molar-refractivity contribution in [3.63, 3.8) is 0 Å². The molecule has 0 aliphatic rings. The number of rotatable bonds is 3. The summed E-state index contributed by atoms with van der Waals surface area (Å²) in [4.78, 5) is 12.2. The van der Waals surface area contributed by atoms with Crippen molar-refractivity contribution < 1.29 is 0 Å². The van der Waals surface area contributed by atoms with Gasteiger partial charge in [-0.3, -0.25) is 9.36 Å². The zero-order valence-corrected chi connectivity index (χ0v) is 10.3. The molecule has 0 bridgehead atoms. The van der Waals surface area contributed by atoms with E-state index in [0.29, 0.717) is 18.3 Å². The summed E-state index contributed by atoms with van der Waals surface area (Å²) in [7, 11) is 0. The molecule has 2 rings (SSSR count). The first-order valence-electron chi connectivity index (χ1n) is 5.97. The van der Waals surface area contributed by atoms with Gasteiger partial charge in [0.05, 0.1) is 0 Å². The molecule has 0 aliphatic heterocycles. The van der Waals surface area contributed by atoms with E-state index in [9.17, 15) is 4.79 Å². The Hall–Kier alpha value is -1.77. The van der Waals surface area contributed by atoms with Crippen LogP contribution in [0.2, 0.25) is 0 Å². The summed E-state index contributed by atoms with van der Waals surface area (Å²) < 4.78 is 1.67. The number of hydrogen-bond donors (Lipinski definition) is 1. The quantitative estimate of drug-likeness (QED) is 0.881. The fraction of sp³-hybridized carbons (Fsp3) is 0.357. The number of fused-ring (bicyclic) bond motifs is 1. The Morgan fingerprint density at radius 3 is 2.71 bits per heavy atom. The summed E-state index contributed by atoms with van der Waals surface area (Å²) >= 11 is 0. The van der Waals surface area contributed by atoms with Crippen molar-refractivity contribution in [1.82, 2.24) is 4.57 Å². The molecular formula is C14H18N2O. The highest BCUT2D eigenvalue weighted by Crippen LogP contribution is 2.14. The molecule has 2 N–H and O–H groups in total. The van der Waals surface area contributed by atoms with Crippen LogP contribution in [0.4, 0.5) is 5.82 Å². The van der Waals surface area contributed by atoms with Crippen LogP contribution in [0.15, 0.2) is 35.1 Å². The number of nitrogens with two attached hydrogens (primary N) is 1. The zero-order valence-electron chi connectivity index (χ0n) is 10.3. The topological polar surface area (TPSA) is 48.0 Å². The van der Waals surface area contributed by atoms with Crippen molar-refractivity contribution in [2.45, 2.75) is 26.8 Å². The van der Waals surface area contributed by atoms with Crippen LogP contribution in [0.25, 0.3) is 10.8 Å². The van der Waals surface area contributed by atoms with Crippen molar-refractivity contribution in [3.8, 4) is 0 Å². The SMILES string of the molecule is CC(C)CCn1c(N)cc2ccccc2c1=O. The summed E-state index contributed by atoms with van der Waals surface area (Å²) in [6, 6.07) is 9.44. The molecule has 0 spiro atoms. The van der Waals surface area contributed by atoms with Crippen LogP contribution < -0.4 is 11.3 Å². The predicted molar refractivity (Wildman–Crippen MR) is 72.1 cm³/mol. The van der Waals surface area contributed by atoms with Crippen molar-refractivity contribution in [2.75, 3.05) is 5.73 Å². The van der Waals surface area contributed by atoms with E-state index in [1.54, 1.807) is 4.57 Å². The second-order valence-electron chi connectivity index (χ2n) is 4.80. The van der Waals surface area contributed by atoms with Crippen LogP contribution >= 0.6 is 0 Å². The van der Waals surface area contributed by atoms with Gasteiger partial charge in [-0.1, -0.05) is 32.0 Å². The summed E-state index contributed by atoms with van der Waals surface area (Å²) in [5.41, 5.74) is 5.95. The van der Waals surface area contributed by atoms with Gasteiger partial charge in [0.25, 0.3) is 5.56 Å². The average Bonchev–Trinajstić information content (AvgIpc) is 2.28. The third-order valence-corrected chi connectivity index (χ3v) is 2.98. The number of nitrogens with zero attached hydrogens (tertiary/aromatic N) is 1. The Bertz CT molecular complexity index is 584. The molecule has 0 saturated carbocycles. The molecule has 0 fully saturated rings. The van der Waals surface area contributed by atoms with E-state index < -0.39 is 0 Å². The van der Waals surface area contributed by atoms with Gasteiger partial charge < -0.3 is 5.73 Å². The number of nitrogen functional groups attached to an aromatic ring is 1. The van der Waals surface area contributed by atoms with Crippen molar-refractivity contribution in [3.05, 3.63) is 40.7 Å². The maximum atomic E-state index is 12.2. The molecule has 3 heteroatoms. The highest BCUT2D eigenvalue weighted by Gasteiger charge is 2.06. The minimum absolute atomic E-state index is 0.0150. The molecule has 2 aromatic rings. The smallest absolute Gasteiger partial charge is 0.259 e. The van der Waals surface area contributed by atoms with Crippen LogP contribution in [0.3, 0.4) is 0 Å². The molecule has 0 atom stereocenters. The van der Waals surface area contributed by atoms with Crippen LogP contribution in [0, 0.1) is 5.92 Å². The Kier molecular flexibility index (Phi) is 3.18. The summed E-state index contributed by atoms with van der Waals surface area (Å²) in [5.74, 6) is 1.11. The van der Waals surface area contributed by atoms with Gasteiger partial charge in [0, 0.05) is 11.9 Å². The van der Waals surface area contributed by atoms with E-state index in [1.165, 1.54) is 0 Å². The van der Waals surface area contributed by atoms with Gasteiger partial charge in [-0.15, -0.1) is 0 Å². The Morgan fingerprint density at radius 1 is 1.29 bits per heavy atom. The fourth-order valence-electron chi connectivity index (χ4n) is 1.94. The largest absolute Gasteiger partial charge is 0.385 e. The molecule has 0 saturated heterocycles. The van der Waals surface area contributed by atoms with Gasteiger partial charge in [0.2, 0.25) is 0 Å². The number of anilines is 1. The molecule has 0 radical (unpaired) electrons. The lowest BCUT2D eigenvalue weighted by Gasteiger charge is -2.12. The highest BCUT2D eigenvalue weighted by molar-refractivity contribution is 5.83. The molecule has 3 nitrogen and oxygen atoms in total. The average molecular weight is 230 g/mol. The molecule has 0 unspecified atom stereocenters. The Labute approximate surface area is 101 Å². The third-order valence-electron chi connectivity index (χ3n) is 2.98. The van der Waals surface area contributed by atoms with Gasteiger partial charge in [0.15, 0.2) is 0 Å². The van der Waals surface area contributed by atoms with Crippen molar-refractivity contribution in [1.29, 1.82) is 0 Å². The first kappa shape index (κ1) is 11.7. The number of benzene rings is 1. The van der Waals surface area contributed by atoms with Gasteiger partial charge in [-0.2, -0.15) is 0 Å². The first-order chi connectivity index (χ1) is 8.09. The van der Waals surface area contributed by atoms with E-state index in [0.717, 1.165) is 17.2 Å². The summed E-state index contributed by atoms with van der Waals surface area (Å²) in [6.45, 7) is 4.97. The normalized spacial score (nSPS) is 11.2. The third kappa shape index (κ3) is 2.33. The monoisotopic (exact) mass is 230 g/mol.